The standard InChI is InChI=1S/C12H19N3/c13-12(11-4-2-6-15-9-11)7-10-3-1-5-14-8-10/h2,4,6,9-10,12,14H,1,3,5,7-8,13H2. The molecule has 0 radical (unpaired) electrons. The molecule has 1 aliphatic heterocycles. The third kappa shape index (κ3) is 3.01. The van der Waals surface area contributed by atoms with Crippen molar-refractivity contribution in [3.05, 3.63) is 30.1 Å². The molecule has 2 atom stereocenters. The highest BCUT2D eigenvalue weighted by Gasteiger charge is 2.17. The van der Waals surface area contributed by atoms with Crippen molar-refractivity contribution in [2.75, 3.05) is 13.1 Å². The van der Waals surface area contributed by atoms with E-state index in [0.717, 1.165) is 24.4 Å². The number of nitrogens with two attached hydrogens (primary N) is 1. The van der Waals surface area contributed by atoms with Crippen LogP contribution >= 0.6 is 0 Å². The lowest BCUT2D eigenvalue weighted by Gasteiger charge is -2.25. The zero-order valence-corrected chi connectivity index (χ0v) is 9.02. The number of pyridine rings is 1. The topological polar surface area (TPSA) is 50.9 Å². The molecule has 0 bridgehead atoms. The van der Waals surface area contributed by atoms with Crippen LogP contribution in [-0.2, 0) is 0 Å². The molecule has 82 valence electrons. The first-order valence-electron chi connectivity index (χ1n) is 5.72. The Hall–Kier alpha value is -0.930. The van der Waals surface area contributed by atoms with Crippen molar-refractivity contribution in [1.29, 1.82) is 0 Å². The van der Waals surface area contributed by atoms with Crippen LogP contribution in [0.5, 0.6) is 0 Å². The largest absolute Gasteiger partial charge is 0.324 e. The summed E-state index contributed by atoms with van der Waals surface area (Å²) in [5.74, 6) is 0.731. The van der Waals surface area contributed by atoms with Crippen molar-refractivity contribution in [3.63, 3.8) is 0 Å². The minimum absolute atomic E-state index is 0.142. The Morgan fingerprint density at radius 2 is 2.53 bits per heavy atom. The highest BCUT2D eigenvalue weighted by atomic mass is 14.9. The third-order valence-electron chi connectivity index (χ3n) is 3.10. The fraction of sp³-hybridized carbons (Fsp3) is 0.583. The van der Waals surface area contributed by atoms with Gasteiger partial charge in [-0.3, -0.25) is 4.98 Å². The van der Waals surface area contributed by atoms with Gasteiger partial charge in [-0.1, -0.05) is 6.07 Å². The first kappa shape index (κ1) is 10.6. The molecule has 2 unspecified atom stereocenters. The summed E-state index contributed by atoms with van der Waals surface area (Å²) in [7, 11) is 0. The molecule has 1 fully saturated rings. The molecular formula is C12H19N3. The third-order valence-corrected chi connectivity index (χ3v) is 3.10. The van der Waals surface area contributed by atoms with Gasteiger partial charge in [0.2, 0.25) is 0 Å². The van der Waals surface area contributed by atoms with Crippen LogP contribution in [0.15, 0.2) is 24.5 Å². The summed E-state index contributed by atoms with van der Waals surface area (Å²) in [5.41, 5.74) is 7.31. The zero-order valence-electron chi connectivity index (χ0n) is 9.02. The number of piperidine rings is 1. The van der Waals surface area contributed by atoms with Crippen LogP contribution in [0.25, 0.3) is 0 Å². The molecule has 3 nitrogen and oxygen atoms in total. The number of nitrogens with zero attached hydrogens (tertiary/aromatic N) is 1. The summed E-state index contributed by atoms with van der Waals surface area (Å²) in [6.07, 6.45) is 7.32. The average Bonchev–Trinajstić information content (AvgIpc) is 2.31. The van der Waals surface area contributed by atoms with Crippen molar-refractivity contribution in [2.45, 2.75) is 25.3 Å². The van der Waals surface area contributed by atoms with E-state index in [1.807, 2.05) is 12.3 Å². The average molecular weight is 205 g/mol. The van der Waals surface area contributed by atoms with Gasteiger partial charge in [0.05, 0.1) is 0 Å². The monoisotopic (exact) mass is 205 g/mol. The molecule has 1 saturated heterocycles. The van der Waals surface area contributed by atoms with Crippen LogP contribution in [0.1, 0.15) is 30.9 Å². The van der Waals surface area contributed by atoms with E-state index in [1.54, 1.807) is 6.20 Å². The lowest BCUT2D eigenvalue weighted by molar-refractivity contribution is 0.336. The molecule has 3 heteroatoms. The van der Waals surface area contributed by atoms with Crippen molar-refractivity contribution < 1.29 is 0 Å². The van der Waals surface area contributed by atoms with Crippen LogP contribution in [0.2, 0.25) is 0 Å². The predicted octanol–water partition coefficient (Wildman–Crippen LogP) is 1.47. The number of rotatable bonds is 3. The Morgan fingerprint density at radius 1 is 1.60 bits per heavy atom. The quantitative estimate of drug-likeness (QED) is 0.785. The van der Waals surface area contributed by atoms with Crippen molar-refractivity contribution in [1.82, 2.24) is 10.3 Å². The van der Waals surface area contributed by atoms with E-state index in [1.165, 1.54) is 19.4 Å². The van der Waals surface area contributed by atoms with Gasteiger partial charge in [0.25, 0.3) is 0 Å². The Balaban J connectivity index is 1.88. The summed E-state index contributed by atoms with van der Waals surface area (Å²) in [4.78, 5) is 4.10. The number of hydrogen-bond donors (Lipinski definition) is 2. The summed E-state index contributed by atoms with van der Waals surface area (Å²) < 4.78 is 0. The second-order valence-corrected chi connectivity index (χ2v) is 4.34. The van der Waals surface area contributed by atoms with Gasteiger partial charge in [0.1, 0.15) is 0 Å². The Morgan fingerprint density at radius 3 is 3.20 bits per heavy atom. The molecule has 1 aromatic heterocycles. The fourth-order valence-electron chi connectivity index (χ4n) is 2.22. The smallest absolute Gasteiger partial charge is 0.0315 e. The number of aromatic nitrogens is 1. The molecule has 2 rings (SSSR count). The van der Waals surface area contributed by atoms with E-state index in [4.69, 9.17) is 5.73 Å². The molecule has 2 heterocycles. The Kier molecular flexibility index (Phi) is 3.69. The normalized spacial score (nSPS) is 23.7. The second-order valence-electron chi connectivity index (χ2n) is 4.34. The van der Waals surface area contributed by atoms with E-state index >= 15 is 0 Å². The lowest BCUT2D eigenvalue weighted by Crippen LogP contribution is -2.31. The van der Waals surface area contributed by atoms with Gasteiger partial charge < -0.3 is 11.1 Å². The maximum atomic E-state index is 6.16. The van der Waals surface area contributed by atoms with Gasteiger partial charge in [0.15, 0.2) is 0 Å². The highest BCUT2D eigenvalue weighted by molar-refractivity contribution is 5.13. The Labute approximate surface area is 91.1 Å². The second kappa shape index (κ2) is 5.24. The summed E-state index contributed by atoms with van der Waals surface area (Å²) >= 11 is 0. The lowest BCUT2D eigenvalue weighted by atomic mass is 9.90. The van der Waals surface area contributed by atoms with Crippen LogP contribution in [-0.4, -0.2) is 18.1 Å². The molecule has 0 aromatic carbocycles. The summed E-state index contributed by atoms with van der Waals surface area (Å²) in [6.45, 7) is 2.28. The molecule has 1 aromatic rings. The van der Waals surface area contributed by atoms with Crippen LogP contribution < -0.4 is 11.1 Å². The minimum Gasteiger partial charge on any atom is -0.324 e. The van der Waals surface area contributed by atoms with Gasteiger partial charge in [-0.25, -0.2) is 0 Å². The summed E-state index contributed by atoms with van der Waals surface area (Å²) in [6, 6.07) is 4.16. The highest BCUT2D eigenvalue weighted by Crippen LogP contribution is 2.22. The Bertz CT molecular complexity index is 280. The van der Waals surface area contributed by atoms with Crippen LogP contribution in [0.4, 0.5) is 0 Å². The molecule has 0 amide bonds. The van der Waals surface area contributed by atoms with Gasteiger partial charge in [-0.2, -0.15) is 0 Å². The van der Waals surface area contributed by atoms with Crippen LogP contribution in [0, 0.1) is 5.92 Å². The SMILES string of the molecule is NC(CC1CCCNC1)c1cccnc1. The van der Waals surface area contributed by atoms with Gasteiger partial charge in [-0.15, -0.1) is 0 Å². The van der Waals surface area contributed by atoms with Gasteiger partial charge in [0, 0.05) is 18.4 Å². The van der Waals surface area contributed by atoms with E-state index in [-0.39, 0.29) is 6.04 Å². The van der Waals surface area contributed by atoms with E-state index < -0.39 is 0 Å². The molecule has 1 aliphatic rings. The van der Waals surface area contributed by atoms with Gasteiger partial charge >= 0.3 is 0 Å². The number of hydrogen-bond acceptors (Lipinski definition) is 3. The number of nitrogens with one attached hydrogen (secondary N) is 1. The summed E-state index contributed by atoms with van der Waals surface area (Å²) in [5, 5.41) is 3.42. The predicted molar refractivity (Wildman–Crippen MR) is 61.4 cm³/mol. The molecule has 0 saturated carbocycles. The van der Waals surface area contributed by atoms with E-state index in [0.29, 0.717) is 0 Å². The molecule has 15 heavy (non-hydrogen) atoms. The zero-order chi connectivity index (χ0) is 10.5. The van der Waals surface area contributed by atoms with Crippen molar-refractivity contribution in [3.8, 4) is 0 Å². The molecule has 0 aliphatic carbocycles. The minimum atomic E-state index is 0.142. The fourth-order valence-corrected chi connectivity index (χ4v) is 2.22. The molecular weight excluding hydrogens is 186 g/mol. The van der Waals surface area contributed by atoms with E-state index in [9.17, 15) is 0 Å². The first-order chi connectivity index (χ1) is 7.36. The van der Waals surface area contributed by atoms with E-state index in [2.05, 4.69) is 16.4 Å². The van der Waals surface area contributed by atoms with Crippen molar-refractivity contribution >= 4 is 0 Å². The van der Waals surface area contributed by atoms with Crippen LogP contribution in [0.3, 0.4) is 0 Å². The molecule has 3 N–H and O–H groups in total. The van der Waals surface area contributed by atoms with Gasteiger partial charge in [-0.05, 0) is 49.9 Å². The first-order valence-corrected chi connectivity index (χ1v) is 5.72. The maximum Gasteiger partial charge on any atom is 0.0315 e. The maximum absolute atomic E-state index is 6.16. The molecule has 0 spiro atoms. The van der Waals surface area contributed by atoms with Crippen molar-refractivity contribution in [2.24, 2.45) is 11.7 Å².